The van der Waals surface area contributed by atoms with Crippen LogP contribution in [0.5, 0.6) is 0 Å². The molecule has 0 spiro atoms. The predicted molar refractivity (Wildman–Crippen MR) is 74.4 cm³/mol. The Morgan fingerprint density at radius 2 is 2.37 bits per heavy atom. The van der Waals surface area contributed by atoms with Gasteiger partial charge in [0.05, 0.1) is 18.1 Å². The van der Waals surface area contributed by atoms with Gasteiger partial charge in [-0.2, -0.15) is 5.10 Å². The first-order chi connectivity index (χ1) is 9.17. The van der Waals surface area contributed by atoms with Crippen molar-refractivity contribution in [2.75, 3.05) is 11.4 Å². The molecule has 0 aliphatic heterocycles. The molecule has 0 fully saturated rings. The van der Waals surface area contributed by atoms with E-state index in [9.17, 15) is 4.79 Å². The molecule has 0 saturated carbocycles. The van der Waals surface area contributed by atoms with Gasteiger partial charge in [0.2, 0.25) is 5.91 Å². The van der Waals surface area contributed by atoms with Crippen LogP contribution in [0.15, 0.2) is 30.7 Å². The number of aromatic nitrogens is 3. The molecule has 0 atom stereocenters. The van der Waals surface area contributed by atoms with Gasteiger partial charge < -0.3 is 4.90 Å². The van der Waals surface area contributed by atoms with Crippen molar-refractivity contribution in [3.63, 3.8) is 0 Å². The van der Waals surface area contributed by atoms with Crippen molar-refractivity contribution in [2.45, 2.75) is 13.8 Å². The summed E-state index contributed by atoms with van der Waals surface area (Å²) in [6, 6.07) is 3.68. The second-order valence-corrected chi connectivity index (χ2v) is 4.19. The number of pyridine rings is 1. The third-order valence-electron chi connectivity index (χ3n) is 2.68. The molecule has 0 unspecified atom stereocenters. The van der Waals surface area contributed by atoms with E-state index in [0.717, 1.165) is 5.69 Å². The van der Waals surface area contributed by atoms with Crippen molar-refractivity contribution in [1.29, 1.82) is 0 Å². The average Bonchev–Trinajstić information content (AvgIpc) is 2.82. The smallest absolute Gasteiger partial charge is 0.230 e. The normalized spacial score (nSPS) is 10.5. The van der Waals surface area contributed by atoms with Crippen LogP contribution < -0.4 is 4.90 Å². The van der Waals surface area contributed by atoms with Crippen molar-refractivity contribution in [2.24, 2.45) is 0 Å². The Kier molecular flexibility index (Phi) is 4.16. The molecule has 2 rings (SSSR count). The molecule has 5 nitrogen and oxygen atoms in total. The molecule has 2 heterocycles. The Balaban J connectivity index is 2.38. The summed E-state index contributed by atoms with van der Waals surface area (Å²) in [6.45, 7) is 4.12. The molecule has 1 amide bonds. The number of nitrogens with zero attached hydrogens (tertiary/aromatic N) is 4. The van der Waals surface area contributed by atoms with E-state index < -0.39 is 0 Å². The summed E-state index contributed by atoms with van der Waals surface area (Å²) in [5.41, 5.74) is 1.38. The van der Waals surface area contributed by atoms with Gasteiger partial charge in [-0.05, 0) is 19.1 Å². The van der Waals surface area contributed by atoms with Crippen LogP contribution in [-0.2, 0) is 4.79 Å². The molecule has 99 valence electrons. The number of hydrogen-bond donors (Lipinski definition) is 0. The highest BCUT2D eigenvalue weighted by Crippen LogP contribution is 2.26. The van der Waals surface area contributed by atoms with E-state index in [1.807, 2.05) is 19.1 Å². The SMILES string of the molecule is C[CH]C(=O)N(CC)c1cn(-c2cccnc2)nc1Cl. The topological polar surface area (TPSA) is 51.0 Å². The van der Waals surface area contributed by atoms with Crippen LogP contribution in [0, 0.1) is 6.42 Å². The number of carbonyl (C=O) groups excluding carboxylic acids is 1. The number of halogens is 1. The lowest BCUT2D eigenvalue weighted by Crippen LogP contribution is -2.30. The van der Waals surface area contributed by atoms with Crippen molar-refractivity contribution in [3.8, 4) is 5.69 Å². The Hall–Kier alpha value is -1.88. The summed E-state index contributed by atoms with van der Waals surface area (Å²) in [5, 5.41) is 4.49. The molecule has 0 aliphatic carbocycles. The lowest BCUT2D eigenvalue weighted by molar-refractivity contribution is -0.115. The third kappa shape index (κ3) is 2.76. The van der Waals surface area contributed by atoms with Gasteiger partial charge in [0, 0.05) is 19.2 Å². The lowest BCUT2D eigenvalue weighted by atomic mass is 10.3. The van der Waals surface area contributed by atoms with Gasteiger partial charge in [0.1, 0.15) is 5.69 Å². The number of anilines is 1. The maximum atomic E-state index is 11.8. The van der Waals surface area contributed by atoms with Crippen LogP contribution in [0.4, 0.5) is 5.69 Å². The number of hydrogen-bond acceptors (Lipinski definition) is 3. The Morgan fingerprint density at radius 1 is 1.58 bits per heavy atom. The first kappa shape index (κ1) is 13.5. The molecule has 19 heavy (non-hydrogen) atoms. The lowest BCUT2D eigenvalue weighted by Gasteiger charge is -2.18. The van der Waals surface area contributed by atoms with Crippen molar-refractivity contribution in [3.05, 3.63) is 42.3 Å². The zero-order valence-corrected chi connectivity index (χ0v) is 11.5. The summed E-state index contributed by atoms with van der Waals surface area (Å²) >= 11 is 6.11. The van der Waals surface area contributed by atoms with Crippen LogP contribution in [0.25, 0.3) is 5.69 Å². The fourth-order valence-corrected chi connectivity index (χ4v) is 1.98. The van der Waals surface area contributed by atoms with Crippen LogP contribution in [0.2, 0.25) is 5.15 Å². The van der Waals surface area contributed by atoms with E-state index >= 15 is 0 Å². The van der Waals surface area contributed by atoms with E-state index in [-0.39, 0.29) is 5.91 Å². The number of rotatable bonds is 4. The standard InChI is InChI=1S/C13H14ClN4O/c1-3-12(19)17(4-2)11-9-18(16-13(11)14)10-6-5-7-15-8-10/h3,5-9H,4H2,1-2H3. The molecular weight excluding hydrogens is 264 g/mol. The first-order valence-corrected chi connectivity index (χ1v) is 6.31. The summed E-state index contributed by atoms with van der Waals surface area (Å²) < 4.78 is 1.61. The summed E-state index contributed by atoms with van der Waals surface area (Å²) in [4.78, 5) is 17.4. The van der Waals surface area contributed by atoms with Crippen LogP contribution in [0.1, 0.15) is 13.8 Å². The summed E-state index contributed by atoms with van der Waals surface area (Å²) in [7, 11) is 0. The minimum absolute atomic E-state index is 0.102. The molecule has 1 radical (unpaired) electrons. The molecule has 2 aromatic heterocycles. The predicted octanol–water partition coefficient (Wildman–Crippen LogP) is 2.50. The molecule has 0 saturated heterocycles. The van der Waals surface area contributed by atoms with E-state index in [1.165, 1.54) is 6.42 Å². The molecule has 2 aromatic rings. The van der Waals surface area contributed by atoms with Crippen LogP contribution in [-0.4, -0.2) is 27.2 Å². The Morgan fingerprint density at radius 3 is 2.95 bits per heavy atom. The Bertz CT molecular complexity index is 567. The van der Waals surface area contributed by atoms with E-state index in [2.05, 4.69) is 10.1 Å². The highest BCUT2D eigenvalue weighted by atomic mass is 35.5. The highest BCUT2D eigenvalue weighted by molar-refractivity contribution is 6.32. The van der Waals surface area contributed by atoms with Crippen molar-refractivity contribution < 1.29 is 4.79 Å². The third-order valence-corrected chi connectivity index (χ3v) is 2.95. The first-order valence-electron chi connectivity index (χ1n) is 5.93. The van der Waals surface area contributed by atoms with Crippen LogP contribution >= 0.6 is 11.6 Å². The fraction of sp³-hybridized carbons (Fsp3) is 0.231. The maximum Gasteiger partial charge on any atom is 0.230 e. The van der Waals surface area contributed by atoms with Crippen LogP contribution in [0.3, 0.4) is 0 Å². The minimum Gasteiger partial charge on any atom is -0.308 e. The van der Waals surface area contributed by atoms with Crippen molar-refractivity contribution >= 4 is 23.2 Å². The second kappa shape index (κ2) is 5.84. The average molecular weight is 278 g/mol. The maximum absolute atomic E-state index is 11.8. The highest BCUT2D eigenvalue weighted by Gasteiger charge is 2.18. The summed E-state index contributed by atoms with van der Waals surface area (Å²) in [6.07, 6.45) is 6.59. The number of carbonyl (C=O) groups is 1. The zero-order valence-electron chi connectivity index (χ0n) is 10.7. The molecule has 0 aliphatic rings. The quantitative estimate of drug-likeness (QED) is 0.863. The fourth-order valence-electron chi connectivity index (χ4n) is 1.75. The van der Waals surface area contributed by atoms with E-state index in [1.54, 1.807) is 35.1 Å². The van der Waals surface area contributed by atoms with Gasteiger partial charge in [0.25, 0.3) is 0 Å². The van der Waals surface area contributed by atoms with Gasteiger partial charge in [0.15, 0.2) is 5.15 Å². The minimum atomic E-state index is -0.102. The van der Waals surface area contributed by atoms with Crippen molar-refractivity contribution in [1.82, 2.24) is 14.8 Å². The second-order valence-electron chi connectivity index (χ2n) is 3.83. The molecule has 0 bridgehead atoms. The van der Waals surface area contributed by atoms with Gasteiger partial charge in [-0.1, -0.05) is 18.5 Å². The molecule has 0 aromatic carbocycles. The number of amides is 1. The van der Waals surface area contributed by atoms with Gasteiger partial charge >= 0.3 is 0 Å². The van der Waals surface area contributed by atoms with Gasteiger partial charge in [-0.3, -0.25) is 9.78 Å². The van der Waals surface area contributed by atoms with E-state index in [0.29, 0.717) is 17.4 Å². The Labute approximate surface area is 116 Å². The molecule has 0 N–H and O–H groups in total. The molecular formula is C13H14ClN4O. The zero-order chi connectivity index (χ0) is 13.8. The molecule has 6 heteroatoms. The monoisotopic (exact) mass is 277 g/mol. The van der Waals surface area contributed by atoms with Gasteiger partial charge in [-0.15, -0.1) is 0 Å². The largest absolute Gasteiger partial charge is 0.308 e. The van der Waals surface area contributed by atoms with Gasteiger partial charge in [-0.25, -0.2) is 4.68 Å². The summed E-state index contributed by atoms with van der Waals surface area (Å²) in [5.74, 6) is -0.102. The van der Waals surface area contributed by atoms with E-state index in [4.69, 9.17) is 11.6 Å².